The van der Waals surface area contributed by atoms with Crippen LogP contribution in [0.3, 0.4) is 0 Å². The van der Waals surface area contributed by atoms with Gasteiger partial charge in [-0.1, -0.05) is 6.92 Å². The molecule has 0 aromatic carbocycles. The van der Waals surface area contributed by atoms with Crippen LogP contribution >= 0.6 is 0 Å². The second kappa shape index (κ2) is 12.0. The first-order valence-electron chi connectivity index (χ1n) is 8.48. The molecule has 0 saturated carbocycles. The van der Waals surface area contributed by atoms with E-state index in [9.17, 15) is 24.0 Å². The molecule has 0 aromatic heterocycles. The van der Waals surface area contributed by atoms with Crippen LogP contribution in [0.15, 0.2) is 0 Å². The number of amides is 4. The Balaban J connectivity index is 4.34. The molecule has 0 spiro atoms. The van der Waals surface area contributed by atoms with E-state index >= 15 is 0 Å². The van der Waals surface area contributed by atoms with Crippen molar-refractivity contribution >= 4 is 29.6 Å². The molecule has 0 radical (unpaired) electrons. The monoisotopic (exact) mass is 372 g/mol. The van der Waals surface area contributed by atoms with Gasteiger partial charge in [-0.3, -0.25) is 29.3 Å². The Morgan fingerprint density at radius 3 is 1.88 bits per heavy atom. The molecule has 0 rings (SSSR count). The fraction of sp³-hybridized carbons (Fsp3) is 0.688. The highest BCUT2D eigenvalue weighted by atomic mass is 16.4. The van der Waals surface area contributed by atoms with Crippen molar-refractivity contribution in [1.82, 2.24) is 21.3 Å². The first-order valence-corrected chi connectivity index (χ1v) is 8.48. The summed E-state index contributed by atoms with van der Waals surface area (Å²) in [6, 6.07) is -2.42. The summed E-state index contributed by atoms with van der Waals surface area (Å²) in [5.41, 5.74) is 0. The number of aliphatic carboxylic acids is 1. The lowest BCUT2D eigenvalue weighted by molar-refractivity contribution is -0.137. The van der Waals surface area contributed by atoms with Crippen molar-refractivity contribution in [3.05, 3.63) is 0 Å². The van der Waals surface area contributed by atoms with Gasteiger partial charge >= 0.3 is 5.97 Å². The van der Waals surface area contributed by atoms with Crippen molar-refractivity contribution in [2.24, 2.45) is 0 Å². The molecule has 0 aliphatic rings. The molecule has 0 bridgehead atoms. The van der Waals surface area contributed by atoms with E-state index in [0.29, 0.717) is 6.54 Å². The second-order valence-corrected chi connectivity index (χ2v) is 5.90. The van der Waals surface area contributed by atoms with Gasteiger partial charge in [0, 0.05) is 12.8 Å². The van der Waals surface area contributed by atoms with Crippen LogP contribution in [0.1, 0.15) is 47.0 Å². The molecule has 0 unspecified atom stereocenters. The number of carbonyl (C=O) groups is 5. The van der Waals surface area contributed by atoms with Gasteiger partial charge in [0.2, 0.25) is 23.6 Å². The number of imide groups is 1. The van der Waals surface area contributed by atoms with Crippen LogP contribution in [0.5, 0.6) is 0 Å². The largest absolute Gasteiger partial charge is 0.481 e. The molecule has 0 fully saturated rings. The van der Waals surface area contributed by atoms with Gasteiger partial charge in [-0.15, -0.1) is 0 Å². The van der Waals surface area contributed by atoms with Gasteiger partial charge in [-0.25, -0.2) is 0 Å². The molecule has 0 aliphatic heterocycles. The minimum Gasteiger partial charge on any atom is -0.481 e. The van der Waals surface area contributed by atoms with Crippen molar-refractivity contribution in [2.75, 3.05) is 6.54 Å². The summed E-state index contributed by atoms with van der Waals surface area (Å²) in [6.07, 6.45) is 0.0156. The smallest absolute Gasteiger partial charge is 0.303 e. The lowest BCUT2D eigenvalue weighted by Gasteiger charge is -2.19. The minimum atomic E-state index is -0.999. The van der Waals surface area contributed by atoms with E-state index in [0.717, 1.165) is 0 Å². The number of carbonyl (C=O) groups excluding carboxylic acids is 4. The lowest BCUT2D eigenvalue weighted by atomic mass is 10.2. The first kappa shape index (κ1) is 23.5. The van der Waals surface area contributed by atoms with Crippen LogP contribution in [-0.2, 0) is 24.0 Å². The van der Waals surface area contributed by atoms with Crippen LogP contribution in [0, 0.1) is 0 Å². The quantitative estimate of drug-likeness (QED) is 0.308. The fourth-order valence-corrected chi connectivity index (χ4v) is 1.92. The molecule has 4 amide bonds. The maximum absolute atomic E-state index is 12.0. The van der Waals surface area contributed by atoms with Gasteiger partial charge in [0.05, 0.1) is 6.04 Å². The molecule has 0 aliphatic carbocycles. The summed E-state index contributed by atoms with van der Waals surface area (Å²) in [7, 11) is 0. The number of hydrogen-bond donors (Lipinski definition) is 5. The normalized spacial score (nSPS) is 13.8. The van der Waals surface area contributed by atoms with E-state index in [1.54, 1.807) is 6.92 Å². The van der Waals surface area contributed by atoms with Gasteiger partial charge in [-0.05, 0) is 33.7 Å². The molecule has 10 nitrogen and oxygen atoms in total. The van der Waals surface area contributed by atoms with E-state index in [1.807, 2.05) is 6.92 Å². The van der Waals surface area contributed by atoms with Crippen LogP contribution in [0.25, 0.3) is 0 Å². The fourth-order valence-electron chi connectivity index (χ4n) is 1.92. The number of carboxylic acid groups (broad SMARTS) is 1. The van der Waals surface area contributed by atoms with Crippen LogP contribution < -0.4 is 21.3 Å². The SMILES string of the molecule is CCN[C@@H](C)C(=O)NC(=O)[C@H](C)NC(=O)[C@H](C)NC(=O)CCCC(=O)O. The zero-order valence-corrected chi connectivity index (χ0v) is 15.5. The second-order valence-electron chi connectivity index (χ2n) is 5.90. The highest BCUT2D eigenvalue weighted by molar-refractivity contribution is 6.01. The van der Waals surface area contributed by atoms with Crippen LogP contribution in [0.2, 0.25) is 0 Å². The van der Waals surface area contributed by atoms with E-state index < -0.39 is 47.7 Å². The Labute approximate surface area is 152 Å². The van der Waals surface area contributed by atoms with E-state index in [4.69, 9.17) is 5.11 Å². The minimum absolute atomic E-state index is 0.0171. The van der Waals surface area contributed by atoms with E-state index in [-0.39, 0.29) is 19.3 Å². The Hall–Kier alpha value is -2.49. The van der Waals surface area contributed by atoms with Gasteiger partial charge < -0.3 is 21.1 Å². The Morgan fingerprint density at radius 1 is 0.808 bits per heavy atom. The molecule has 3 atom stereocenters. The maximum Gasteiger partial charge on any atom is 0.303 e. The van der Waals surface area contributed by atoms with Crippen LogP contribution in [-0.4, -0.2) is 59.4 Å². The summed E-state index contributed by atoms with van der Waals surface area (Å²) >= 11 is 0. The van der Waals surface area contributed by atoms with Crippen molar-refractivity contribution in [2.45, 2.75) is 65.1 Å². The van der Waals surface area contributed by atoms with Gasteiger partial charge in [0.15, 0.2) is 0 Å². The summed E-state index contributed by atoms with van der Waals surface area (Å²) in [4.78, 5) is 57.7. The molecule has 0 saturated heterocycles. The van der Waals surface area contributed by atoms with Crippen molar-refractivity contribution in [3.8, 4) is 0 Å². The maximum atomic E-state index is 12.0. The molecular weight excluding hydrogens is 344 g/mol. The number of likely N-dealkylation sites (N-methyl/N-ethyl adjacent to an activating group) is 1. The predicted octanol–water partition coefficient (Wildman–Crippen LogP) is -1.11. The summed E-state index contributed by atoms with van der Waals surface area (Å²) in [6.45, 7) is 6.86. The van der Waals surface area contributed by atoms with Crippen LogP contribution in [0.4, 0.5) is 0 Å². The zero-order chi connectivity index (χ0) is 20.3. The van der Waals surface area contributed by atoms with Crippen molar-refractivity contribution in [1.29, 1.82) is 0 Å². The molecular formula is C16H28N4O6. The molecule has 0 heterocycles. The lowest BCUT2D eigenvalue weighted by Crippen LogP contribution is -2.54. The zero-order valence-electron chi connectivity index (χ0n) is 15.5. The van der Waals surface area contributed by atoms with Gasteiger partial charge in [-0.2, -0.15) is 0 Å². The molecule has 26 heavy (non-hydrogen) atoms. The highest BCUT2D eigenvalue weighted by Gasteiger charge is 2.23. The van der Waals surface area contributed by atoms with Crippen molar-refractivity contribution < 1.29 is 29.1 Å². The molecule has 10 heteroatoms. The molecule has 5 N–H and O–H groups in total. The Kier molecular flexibility index (Phi) is 10.8. The standard InChI is InChI=1S/C16H28N4O6/c1-5-17-9(2)14(24)20-16(26)11(4)19-15(25)10(3)18-12(21)7-6-8-13(22)23/h9-11,17H,5-8H2,1-4H3,(H,18,21)(H,19,25)(H,22,23)(H,20,24,26)/t9-,10-,11-/m0/s1. The third-order valence-corrected chi connectivity index (χ3v) is 3.47. The van der Waals surface area contributed by atoms with Crippen molar-refractivity contribution in [3.63, 3.8) is 0 Å². The molecule has 0 aromatic rings. The third-order valence-electron chi connectivity index (χ3n) is 3.47. The number of hydrogen-bond acceptors (Lipinski definition) is 6. The van der Waals surface area contributed by atoms with Gasteiger partial charge in [0.25, 0.3) is 0 Å². The number of nitrogens with one attached hydrogen (secondary N) is 4. The average molecular weight is 372 g/mol. The highest BCUT2D eigenvalue weighted by Crippen LogP contribution is 1.96. The number of carboxylic acids is 1. The van der Waals surface area contributed by atoms with E-state index in [2.05, 4.69) is 21.3 Å². The average Bonchev–Trinajstić information content (AvgIpc) is 2.54. The Morgan fingerprint density at radius 2 is 1.35 bits per heavy atom. The van der Waals surface area contributed by atoms with Gasteiger partial charge in [0.1, 0.15) is 12.1 Å². The number of rotatable bonds is 11. The third kappa shape index (κ3) is 9.72. The summed E-state index contributed by atoms with van der Waals surface area (Å²) in [5.74, 6) is -3.21. The first-order chi connectivity index (χ1) is 12.1. The molecule has 148 valence electrons. The topological polar surface area (TPSA) is 154 Å². The van der Waals surface area contributed by atoms with E-state index in [1.165, 1.54) is 13.8 Å². The summed E-state index contributed by atoms with van der Waals surface area (Å²) < 4.78 is 0. The summed E-state index contributed by atoms with van der Waals surface area (Å²) in [5, 5.41) is 18.4. The predicted molar refractivity (Wildman–Crippen MR) is 93.0 cm³/mol. The Bertz CT molecular complexity index is 537.